The number of piperazine rings is 1. The lowest BCUT2D eigenvalue weighted by Gasteiger charge is -2.38. The SMILES string of the molecule is O=Nc1ccc(NC2CCC(OCC(=S)N3CCN(c4ccc(Cl)cc4)CC3)CC2)cc1CF. The highest BCUT2D eigenvalue weighted by atomic mass is 35.5. The normalized spacial score (nSPS) is 20.8. The Bertz CT molecular complexity index is 977. The fraction of sp³-hybridized carbons (Fsp3) is 0.480. The average molecular weight is 505 g/mol. The first-order valence-corrected chi connectivity index (χ1v) is 12.5. The molecule has 0 atom stereocenters. The second-order valence-corrected chi connectivity index (χ2v) is 9.75. The van der Waals surface area contributed by atoms with Gasteiger partial charge < -0.3 is 19.9 Å². The van der Waals surface area contributed by atoms with Crippen LogP contribution in [-0.4, -0.2) is 54.8 Å². The number of nitrogens with zero attached hydrogens (tertiary/aromatic N) is 3. The molecule has 1 aliphatic heterocycles. The summed E-state index contributed by atoms with van der Waals surface area (Å²) in [5.74, 6) is 0. The molecule has 6 nitrogen and oxygen atoms in total. The minimum absolute atomic E-state index is 0.160. The Kier molecular flexibility index (Phi) is 8.69. The lowest BCUT2D eigenvalue weighted by molar-refractivity contribution is 0.0473. The van der Waals surface area contributed by atoms with Gasteiger partial charge in [0.2, 0.25) is 0 Å². The first kappa shape index (κ1) is 24.8. The first-order valence-electron chi connectivity index (χ1n) is 11.7. The van der Waals surface area contributed by atoms with Crippen molar-refractivity contribution in [2.75, 3.05) is 43.0 Å². The van der Waals surface area contributed by atoms with Crippen LogP contribution in [0.3, 0.4) is 0 Å². The van der Waals surface area contributed by atoms with Crippen molar-refractivity contribution in [1.29, 1.82) is 0 Å². The van der Waals surface area contributed by atoms with Gasteiger partial charge in [-0.1, -0.05) is 23.8 Å². The molecule has 0 radical (unpaired) electrons. The van der Waals surface area contributed by atoms with Crippen molar-refractivity contribution < 1.29 is 9.13 Å². The Morgan fingerprint density at radius 1 is 1.09 bits per heavy atom. The minimum Gasteiger partial charge on any atom is -0.382 e. The zero-order chi connectivity index (χ0) is 23.9. The third-order valence-corrected chi connectivity index (χ3v) is 7.26. The van der Waals surface area contributed by atoms with Gasteiger partial charge in [0.15, 0.2) is 0 Å². The standard InChI is InChI=1S/C25H30ClFN4O2S/c26-19-1-6-22(7-2-19)30-11-13-31(14-12-30)25(34)17-33-23-8-3-20(4-9-23)28-21-5-10-24(29-32)18(15-21)16-27/h1-2,5-7,10,15,20,23,28H,3-4,8-9,11-14,16-17H2. The van der Waals surface area contributed by atoms with Crippen molar-refractivity contribution in [3.05, 3.63) is 58.0 Å². The second kappa shape index (κ2) is 11.9. The number of benzene rings is 2. The molecule has 1 N–H and O–H groups in total. The Morgan fingerprint density at radius 2 is 1.79 bits per heavy atom. The van der Waals surface area contributed by atoms with Gasteiger partial charge in [-0.05, 0) is 73.3 Å². The highest BCUT2D eigenvalue weighted by Crippen LogP contribution is 2.28. The van der Waals surface area contributed by atoms with Crippen molar-refractivity contribution >= 4 is 45.9 Å². The van der Waals surface area contributed by atoms with Gasteiger partial charge in [0, 0.05) is 54.2 Å². The third kappa shape index (κ3) is 6.43. The first-order chi connectivity index (χ1) is 16.6. The van der Waals surface area contributed by atoms with E-state index in [0.717, 1.165) is 67.6 Å². The van der Waals surface area contributed by atoms with Crippen molar-refractivity contribution in [1.82, 2.24) is 4.90 Å². The topological polar surface area (TPSA) is 57.2 Å². The van der Waals surface area contributed by atoms with Crippen LogP contribution in [0.5, 0.6) is 0 Å². The number of nitrogens with one attached hydrogen (secondary N) is 1. The predicted octanol–water partition coefficient (Wildman–Crippen LogP) is 6.10. The Hall–Kier alpha value is -2.29. The monoisotopic (exact) mass is 504 g/mol. The van der Waals surface area contributed by atoms with E-state index in [1.165, 1.54) is 5.69 Å². The van der Waals surface area contributed by atoms with Gasteiger partial charge in [0.25, 0.3) is 0 Å². The van der Waals surface area contributed by atoms with Crippen molar-refractivity contribution in [3.63, 3.8) is 0 Å². The second-order valence-electron chi connectivity index (χ2n) is 8.84. The molecule has 1 saturated carbocycles. The largest absolute Gasteiger partial charge is 0.382 e. The van der Waals surface area contributed by atoms with Gasteiger partial charge in [0.05, 0.1) is 12.7 Å². The van der Waals surface area contributed by atoms with Crippen LogP contribution in [0.1, 0.15) is 31.2 Å². The molecule has 1 saturated heterocycles. The number of halogens is 2. The molecular formula is C25H30ClFN4O2S. The maximum atomic E-state index is 13.1. The van der Waals surface area contributed by atoms with Crippen LogP contribution in [0, 0.1) is 4.91 Å². The summed E-state index contributed by atoms with van der Waals surface area (Å²) in [7, 11) is 0. The summed E-state index contributed by atoms with van der Waals surface area (Å²) in [4.78, 5) is 16.2. The molecule has 2 fully saturated rings. The molecule has 34 heavy (non-hydrogen) atoms. The number of rotatable bonds is 8. The van der Waals surface area contributed by atoms with E-state index in [4.69, 9.17) is 28.6 Å². The molecule has 2 aliphatic rings. The Balaban J connectivity index is 1.16. The van der Waals surface area contributed by atoms with Gasteiger partial charge in [-0.15, -0.1) is 4.91 Å². The number of anilines is 2. The summed E-state index contributed by atoms with van der Waals surface area (Å²) in [6.07, 6.45) is 4.05. The number of hydrogen-bond acceptors (Lipinski definition) is 6. The molecule has 2 aromatic rings. The van der Waals surface area contributed by atoms with E-state index in [0.29, 0.717) is 18.2 Å². The fourth-order valence-electron chi connectivity index (χ4n) is 4.63. The third-order valence-electron chi connectivity index (χ3n) is 6.63. The molecule has 0 unspecified atom stereocenters. The van der Waals surface area contributed by atoms with Crippen LogP contribution < -0.4 is 10.2 Å². The minimum atomic E-state index is -0.701. The molecule has 0 aromatic heterocycles. The van der Waals surface area contributed by atoms with E-state index < -0.39 is 6.67 Å². The van der Waals surface area contributed by atoms with Crippen LogP contribution in [0.2, 0.25) is 5.02 Å². The van der Waals surface area contributed by atoms with Crippen LogP contribution in [0.25, 0.3) is 0 Å². The fourth-order valence-corrected chi connectivity index (χ4v) is 5.00. The summed E-state index contributed by atoms with van der Waals surface area (Å²) in [5, 5.41) is 7.08. The van der Waals surface area contributed by atoms with Crippen LogP contribution in [0.4, 0.5) is 21.5 Å². The molecular weight excluding hydrogens is 475 g/mol. The van der Waals surface area contributed by atoms with Gasteiger partial charge in [-0.2, -0.15) is 0 Å². The van der Waals surface area contributed by atoms with Crippen molar-refractivity contribution in [2.45, 2.75) is 44.5 Å². The van der Waals surface area contributed by atoms with Crippen molar-refractivity contribution in [2.24, 2.45) is 5.18 Å². The number of thiocarbonyl (C=S) groups is 1. The Morgan fingerprint density at radius 3 is 2.44 bits per heavy atom. The number of alkyl halides is 1. The molecule has 1 heterocycles. The van der Waals surface area contributed by atoms with E-state index in [1.54, 1.807) is 18.2 Å². The maximum Gasteiger partial charge on any atom is 0.117 e. The molecule has 2 aromatic carbocycles. The average Bonchev–Trinajstić information content (AvgIpc) is 2.88. The lowest BCUT2D eigenvalue weighted by Crippen LogP contribution is -2.49. The van der Waals surface area contributed by atoms with E-state index in [9.17, 15) is 9.30 Å². The molecule has 0 spiro atoms. The van der Waals surface area contributed by atoms with Crippen LogP contribution >= 0.6 is 23.8 Å². The van der Waals surface area contributed by atoms with Gasteiger partial charge in [-0.25, -0.2) is 4.39 Å². The summed E-state index contributed by atoms with van der Waals surface area (Å²) in [6.45, 7) is 3.41. The van der Waals surface area contributed by atoms with E-state index in [-0.39, 0.29) is 11.8 Å². The lowest BCUT2D eigenvalue weighted by atomic mass is 9.92. The van der Waals surface area contributed by atoms with E-state index in [1.807, 2.05) is 12.1 Å². The zero-order valence-corrected chi connectivity index (χ0v) is 20.7. The summed E-state index contributed by atoms with van der Waals surface area (Å²) in [5.41, 5.74) is 2.49. The van der Waals surface area contributed by atoms with Gasteiger partial charge in [0.1, 0.15) is 17.4 Å². The van der Waals surface area contributed by atoms with Crippen molar-refractivity contribution in [3.8, 4) is 0 Å². The van der Waals surface area contributed by atoms with Crippen LogP contribution in [0.15, 0.2) is 47.6 Å². The zero-order valence-electron chi connectivity index (χ0n) is 19.1. The molecule has 0 bridgehead atoms. The molecule has 0 amide bonds. The highest BCUT2D eigenvalue weighted by molar-refractivity contribution is 7.80. The van der Waals surface area contributed by atoms with Gasteiger partial charge in [-0.3, -0.25) is 0 Å². The van der Waals surface area contributed by atoms with E-state index in [2.05, 4.69) is 32.4 Å². The molecule has 182 valence electrons. The highest BCUT2D eigenvalue weighted by Gasteiger charge is 2.24. The quantitative estimate of drug-likeness (QED) is 0.346. The van der Waals surface area contributed by atoms with Gasteiger partial charge >= 0.3 is 0 Å². The maximum absolute atomic E-state index is 13.1. The van der Waals surface area contributed by atoms with E-state index >= 15 is 0 Å². The van der Waals surface area contributed by atoms with Crippen LogP contribution in [-0.2, 0) is 11.4 Å². The number of nitroso groups, excluding NO2 is 1. The summed E-state index contributed by atoms with van der Waals surface area (Å²) >= 11 is 11.7. The smallest absolute Gasteiger partial charge is 0.117 e. The Labute approximate surface area is 210 Å². The number of ether oxygens (including phenoxy) is 1. The molecule has 9 heteroatoms. The molecule has 1 aliphatic carbocycles. The number of hydrogen-bond donors (Lipinski definition) is 1. The summed E-state index contributed by atoms with van der Waals surface area (Å²) < 4.78 is 19.3. The summed E-state index contributed by atoms with van der Waals surface area (Å²) in [6, 6.07) is 13.3. The predicted molar refractivity (Wildman–Crippen MR) is 140 cm³/mol. The molecule has 4 rings (SSSR count).